The summed E-state index contributed by atoms with van der Waals surface area (Å²) in [6.07, 6.45) is 0.568. The van der Waals surface area contributed by atoms with Crippen LogP contribution in [0.2, 0.25) is 0 Å². The lowest BCUT2D eigenvalue weighted by Gasteiger charge is -2.45. The molecule has 192 valence electrons. The number of carboxylic acid groups (broad SMARTS) is 1. The number of fused-ring (bicyclic) bond motifs is 2. The van der Waals surface area contributed by atoms with Gasteiger partial charge in [-0.05, 0) is 39.5 Å². The highest BCUT2D eigenvalue weighted by Gasteiger charge is 2.50. The third-order valence-electron chi connectivity index (χ3n) is 6.28. The number of carbonyl (C=O) groups is 2. The molecule has 3 heterocycles. The van der Waals surface area contributed by atoms with E-state index >= 15 is 0 Å². The van der Waals surface area contributed by atoms with Crippen LogP contribution in [0.3, 0.4) is 0 Å². The first-order chi connectivity index (χ1) is 15.9. The quantitative estimate of drug-likeness (QED) is 0.638. The van der Waals surface area contributed by atoms with Crippen molar-refractivity contribution in [1.82, 2.24) is 18.8 Å². The molecular formula is C20H29F3N4O6S. The van der Waals surface area contributed by atoms with E-state index in [4.69, 9.17) is 14.6 Å². The molecule has 4 rings (SSSR count). The summed E-state index contributed by atoms with van der Waals surface area (Å²) in [4.78, 5) is 28.1. The Morgan fingerprint density at radius 1 is 1.24 bits per heavy atom. The first kappa shape index (κ1) is 26.4. The van der Waals surface area contributed by atoms with Gasteiger partial charge >= 0.3 is 12.1 Å². The van der Waals surface area contributed by atoms with Crippen LogP contribution in [-0.2, 0) is 36.5 Å². The fourth-order valence-corrected chi connectivity index (χ4v) is 6.13. The van der Waals surface area contributed by atoms with E-state index in [1.807, 2.05) is 24.6 Å². The number of nitrogens with zero attached hydrogens (tertiary/aromatic N) is 4. The standard InChI is InChI=1S/C18H28N4O4S.C2HF3O2/c1-3-20(4-2)16(23)15-13-21-12-9-19-17(21)18(26-15)7-10-22(11-8-18)27(24,25)14-5-6-14;3-2(4,5)1(6)7/h9,12,14-15H,3-8,10-11,13H2,1-2H3;(H,6,7). The summed E-state index contributed by atoms with van der Waals surface area (Å²) >= 11 is 0. The molecule has 0 bridgehead atoms. The van der Waals surface area contributed by atoms with Crippen molar-refractivity contribution in [2.75, 3.05) is 26.2 Å². The summed E-state index contributed by atoms with van der Waals surface area (Å²) in [5, 5.41) is 6.93. The number of carboxylic acids is 1. The van der Waals surface area contributed by atoms with Crippen LogP contribution in [0.25, 0.3) is 0 Å². The highest BCUT2D eigenvalue weighted by atomic mass is 32.2. The number of piperidine rings is 1. The second-order valence-corrected chi connectivity index (χ2v) is 10.7. The van der Waals surface area contributed by atoms with Gasteiger partial charge < -0.3 is 19.3 Å². The average molecular weight is 511 g/mol. The molecular weight excluding hydrogens is 481 g/mol. The number of amides is 1. The Morgan fingerprint density at radius 2 is 1.79 bits per heavy atom. The third-order valence-corrected chi connectivity index (χ3v) is 8.68. The minimum Gasteiger partial charge on any atom is -0.475 e. The van der Waals surface area contributed by atoms with E-state index in [-0.39, 0.29) is 11.2 Å². The third kappa shape index (κ3) is 5.38. The van der Waals surface area contributed by atoms with Crippen molar-refractivity contribution in [3.63, 3.8) is 0 Å². The summed E-state index contributed by atoms with van der Waals surface area (Å²) in [5.74, 6) is -1.95. The number of sulfonamides is 1. The van der Waals surface area contributed by atoms with Gasteiger partial charge in [-0.1, -0.05) is 0 Å². The molecule has 0 aromatic carbocycles. The van der Waals surface area contributed by atoms with Gasteiger partial charge in [0.2, 0.25) is 10.0 Å². The van der Waals surface area contributed by atoms with Crippen LogP contribution in [0.4, 0.5) is 13.2 Å². The Hall–Kier alpha value is -2.19. The molecule has 14 heteroatoms. The SMILES string of the molecule is CCN(CC)C(=O)C1Cn2ccnc2C2(CCN(S(=O)(=O)C3CC3)CC2)O1.O=C(O)C(F)(F)F. The van der Waals surface area contributed by atoms with Crippen LogP contribution in [-0.4, -0.2) is 87.9 Å². The molecule has 2 fully saturated rings. The maximum absolute atomic E-state index is 12.9. The Morgan fingerprint density at radius 3 is 2.26 bits per heavy atom. The second-order valence-electron chi connectivity index (χ2n) is 8.46. The molecule has 1 aliphatic carbocycles. The number of hydrogen-bond acceptors (Lipinski definition) is 6. The number of imidazole rings is 1. The Kier molecular flexibility index (Phi) is 7.63. The molecule has 1 spiro atoms. The zero-order chi connectivity index (χ0) is 25.3. The van der Waals surface area contributed by atoms with Gasteiger partial charge in [-0.2, -0.15) is 13.2 Å². The molecule has 1 aromatic heterocycles. The van der Waals surface area contributed by atoms with Gasteiger partial charge in [0.1, 0.15) is 11.4 Å². The van der Waals surface area contributed by atoms with Crippen molar-refractivity contribution < 1.29 is 41.0 Å². The number of ether oxygens (including phenoxy) is 1. The van der Waals surface area contributed by atoms with Crippen molar-refractivity contribution >= 4 is 21.9 Å². The fraction of sp³-hybridized carbons (Fsp3) is 0.750. The predicted octanol–water partition coefficient (Wildman–Crippen LogP) is 1.57. The van der Waals surface area contributed by atoms with Crippen LogP contribution >= 0.6 is 0 Å². The number of aliphatic carboxylic acids is 1. The van der Waals surface area contributed by atoms with E-state index in [0.717, 1.165) is 18.7 Å². The maximum Gasteiger partial charge on any atom is 0.490 e. The van der Waals surface area contributed by atoms with Crippen molar-refractivity contribution in [3.8, 4) is 0 Å². The van der Waals surface area contributed by atoms with Gasteiger partial charge in [-0.15, -0.1) is 0 Å². The molecule has 1 N–H and O–H groups in total. The smallest absolute Gasteiger partial charge is 0.475 e. The van der Waals surface area contributed by atoms with E-state index in [9.17, 15) is 26.4 Å². The van der Waals surface area contributed by atoms with Crippen molar-refractivity contribution in [2.45, 2.75) is 69.2 Å². The van der Waals surface area contributed by atoms with Crippen LogP contribution < -0.4 is 0 Å². The summed E-state index contributed by atoms with van der Waals surface area (Å²) in [7, 11) is -3.18. The minimum absolute atomic E-state index is 0.00763. The minimum atomic E-state index is -5.08. The van der Waals surface area contributed by atoms with Crippen molar-refractivity contribution in [2.24, 2.45) is 0 Å². The number of carbonyl (C=O) groups excluding carboxylic acids is 1. The Balaban J connectivity index is 0.000000406. The fourth-order valence-electron chi connectivity index (χ4n) is 4.28. The molecule has 3 aliphatic rings. The highest BCUT2D eigenvalue weighted by molar-refractivity contribution is 7.90. The molecule has 0 radical (unpaired) electrons. The number of likely N-dealkylation sites (N-methyl/N-ethyl adjacent to an activating group) is 1. The summed E-state index contributed by atoms with van der Waals surface area (Å²) < 4.78 is 66.8. The summed E-state index contributed by atoms with van der Waals surface area (Å²) in [5.41, 5.74) is -0.690. The molecule has 1 unspecified atom stereocenters. The average Bonchev–Trinajstić information content (AvgIpc) is 3.53. The number of alkyl halides is 3. The van der Waals surface area contributed by atoms with E-state index in [2.05, 4.69) is 4.98 Å². The highest BCUT2D eigenvalue weighted by Crippen LogP contribution is 2.42. The molecule has 1 saturated carbocycles. The monoisotopic (exact) mass is 510 g/mol. The predicted molar refractivity (Wildman–Crippen MR) is 113 cm³/mol. The van der Waals surface area contributed by atoms with Gasteiger partial charge in [0.05, 0.1) is 11.8 Å². The lowest BCUT2D eigenvalue weighted by molar-refractivity contribution is -0.192. The molecule has 1 aromatic rings. The van der Waals surface area contributed by atoms with Gasteiger partial charge in [0.15, 0.2) is 6.10 Å². The number of hydrogen-bond donors (Lipinski definition) is 1. The van der Waals surface area contributed by atoms with E-state index < -0.39 is 33.9 Å². The first-order valence-electron chi connectivity index (χ1n) is 11.1. The molecule has 10 nitrogen and oxygen atoms in total. The molecule has 34 heavy (non-hydrogen) atoms. The topological polar surface area (TPSA) is 122 Å². The lowest BCUT2D eigenvalue weighted by Crippen LogP contribution is -2.55. The van der Waals surface area contributed by atoms with Crippen molar-refractivity contribution in [1.29, 1.82) is 0 Å². The number of rotatable bonds is 5. The summed E-state index contributed by atoms with van der Waals surface area (Å²) in [6, 6.07) is 0. The lowest BCUT2D eigenvalue weighted by atomic mass is 9.89. The second kappa shape index (κ2) is 9.82. The molecule has 1 atom stereocenters. The van der Waals surface area contributed by atoms with Crippen LogP contribution in [0.5, 0.6) is 0 Å². The Labute approximate surface area is 195 Å². The van der Waals surface area contributed by atoms with E-state index in [1.54, 1.807) is 15.4 Å². The van der Waals surface area contributed by atoms with Gasteiger partial charge in [0.25, 0.3) is 5.91 Å². The molecule has 1 saturated heterocycles. The summed E-state index contributed by atoms with van der Waals surface area (Å²) in [6.45, 7) is 6.50. The molecule has 2 aliphatic heterocycles. The Bertz CT molecular complexity index is 996. The van der Waals surface area contributed by atoms with E-state index in [0.29, 0.717) is 45.6 Å². The first-order valence-corrected chi connectivity index (χ1v) is 12.6. The number of halogens is 3. The van der Waals surface area contributed by atoms with Crippen LogP contribution in [0, 0.1) is 0 Å². The van der Waals surface area contributed by atoms with Gasteiger partial charge in [-0.25, -0.2) is 22.5 Å². The zero-order valence-electron chi connectivity index (χ0n) is 19.0. The van der Waals surface area contributed by atoms with E-state index in [1.165, 1.54) is 0 Å². The largest absolute Gasteiger partial charge is 0.490 e. The zero-order valence-corrected chi connectivity index (χ0v) is 19.8. The maximum atomic E-state index is 12.9. The molecule has 1 amide bonds. The van der Waals surface area contributed by atoms with Gasteiger partial charge in [-0.3, -0.25) is 4.79 Å². The van der Waals surface area contributed by atoms with Crippen molar-refractivity contribution in [3.05, 3.63) is 18.2 Å². The normalized spacial score (nSPS) is 22.4. The number of aromatic nitrogens is 2. The van der Waals surface area contributed by atoms with Gasteiger partial charge in [0, 0.05) is 38.6 Å². The van der Waals surface area contributed by atoms with Crippen LogP contribution in [0.1, 0.15) is 45.4 Å². The van der Waals surface area contributed by atoms with Crippen LogP contribution in [0.15, 0.2) is 12.4 Å².